The van der Waals surface area contributed by atoms with E-state index in [1.807, 2.05) is 6.08 Å². The first-order valence-electron chi connectivity index (χ1n) is 17.0. The van der Waals surface area contributed by atoms with Crippen LogP contribution in [0.15, 0.2) is 24.3 Å². The molecule has 0 heterocycles. The summed E-state index contributed by atoms with van der Waals surface area (Å²) in [6.07, 6.45) is 30.9. The molecule has 248 valence electrons. The molecule has 0 spiro atoms. The number of rotatable bonds is 31. The second-order valence-corrected chi connectivity index (χ2v) is 12.8. The second kappa shape index (κ2) is 30.0. The van der Waals surface area contributed by atoms with Crippen LogP contribution < -0.4 is 11.1 Å². The molecule has 0 saturated heterocycles. The summed E-state index contributed by atoms with van der Waals surface area (Å²) in [7, 11) is -4.33. The highest BCUT2D eigenvalue weighted by molar-refractivity contribution is 7.47. The molecule has 0 bridgehead atoms. The fraction of sp³-hybridized carbons (Fsp3) is 0.848. The zero-order valence-electron chi connectivity index (χ0n) is 27.0. The zero-order chi connectivity index (χ0) is 31.2. The Labute approximate surface area is 257 Å². The molecule has 42 heavy (non-hydrogen) atoms. The third-order valence-electron chi connectivity index (χ3n) is 7.28. The number of aliphatic hydroxyl groups is 1. The molecule has 3 atom stereocenters. The Morgan fingerprint density at radius 2 is 1.26 bits per heavy atom. The Hall–Kier alpha value is -1.02. The molecule has 0 rings (SSSR count). The highest BCUT2D eigenvalue weighted by Crippen LogP contribution is 2.43. The number of hydrogen-bond acceptors (Lipinski definition) is 6. The van der Waals surface area contributed by atoms with Crippen molar-refractivity contribution in [1.29, 1.82) is 0 Å². The third kappa shape index (κ3) is 27.8. The quantitative estimate of drug-likeness (QED) is 0.0350. The number of hydrogen-bond donors (Lipinski definition) is 4. The normalized spacial score (nSPS) is 14.9. The van der Waals surface area contributed by atoms with Gasteiger partial charge in [0.1, 0.15) is 0 Å². The van der Waals surface area contributed by atoms with Crippen LogP contribution in [0.1, 0.15) is 149 Å². The van der Waals surface area contributed by atoms with E-state index in [0.717, 1.165) is 38.5 Å². The van der Waals surface area contributed by atoms with Gasteiger partial charge in [0.25, 0.3) is 0 Å². The Morgan fingerprint density at radius 1 is 0.762 bits per heavy atom. The van der Waals surface area contributed by atoms with Gasteiger partial charge in [-0.1, -0.05) is 134 Å². The molecular weight excluding hydrogens is 551 g/mol. The lowest BCUT2D eigenvalue weighted by Crippen LogP contribution is -2.45. The van der Waals surface area contributed by atoms with Crippen molar-refractivity contribution in [3.8, 4) is 0 Å². The van der Waals surface area contributed by atoms with Crippen molar-refractivity contribution in [2.24, 2.45) is 5.73 Å². The van der Waals surface area contributed by atoms with Gasteiger partial charge in [-0.15, -0.1) is 0 Å². The van der Waals surface area contributed by atoms with Crippen molar-refractivity contribution in [3.63, 3.8) is 0 Å². The molecule has 5 N–H and O–H groups in total. The van der Waals surface area contributed by atoms with Crippen LogP contribution >= 0.6 is 7.82 Å². The number of phosphoric ester groups is 1. The standard InChI is InChI=1S/C33H65N2O6P/c1-3-5-7-9-11-13-14-15-16-17-19-21-23-25-27-33(37)35-31(30-41-42(38,39)40-29-28-34)32(36)26-24-22-20-18-12-10-8-6-4-2/h12,18,24,26,31-32,36H,3-11,13-17,19-23,25,27-30,34H2,1-2H3,(H,35,37)(H,38,39)/b18-12+,26-24+. The first kappa shape index (κ1) is 41.0. The Balaban J connectivity index is 4.36. The molecule has 0 aromatic rings. The summed E-state index contributed by atoms with van der Waals surface area (Å²) in [5.74, 6) is -0.208. The Kier molecular flexibility index (Phi) is 29.3. The molecule has 1 amide bonds. The molecule has 0 aliphatic heterocycles. The van der Waals surface area contributed by atoms with Gasteiger partial charge in [0.2, 0.25) is 5.91 Å². The third-order valence-corrected chi connectivity index (χ3v) is 8.26. The number of phosphoric acid groups is 1. The summed E-state index contributed by atoms with van der Waals surface area (Å²) in [5.41, 5.74) is 5.33. The lowest BCUT2D eigenvalue weighted by Gasteiger charge is -2.23. The highest BCUT2D eigenvalue weighted by Gasteiger charge is 2.26. The van der Waals surface area contributed by atoms with Gasteiger partial charge in [0.15, 0.2) is 0 Å². The molecule has 0 radical (unpaired) electrons. The van der Waals surface area contributed by atoms with E-state index in [4.69, 9.17) is 14.8 Å². The van der Waals surface area contributed by atoms with E-state index in [1.165, 1.54) is 89.9 Å². The highest BCUT2D eigenvalue weighted by atomic mass is 31.2. The van der Waals surface area contributed by atoms with E-state index >= 15 is 0 Å². The fourth-order valence-electron chi connectivity index (χ4n) is 4.67. The molecule has 0 aromatic heterocycles. The van der Waals surface area contributed by atoms with Crippen LogP contribution in [0, 0.1) is 0 Å². The zero-order valence-corrected chi connectivity index (χ0v) is 27.9. The van der Waals surface area contributed by atoms with Gasteiger partial charge in [-0.2, -0.15) is 0 Å². The molecule has 0 saturated carbocycles. The molecule has 9 heteroatoms. The minimum Gasteiger partial charge on any atom is -0.387 e. The smallest absolute Gasteiger partial charge is 0.387 e. The van der Waals surface area contributed by atoms with Gasteiger partial charge in [0, 0.05) is 13.0 Å². The topological polar surface area (TPSA) is 131 Å². The molecule has 8 nitrogen and oxygen atoms in total. The maximum atomic E-state index is 12.6. The van der Waals surface area contributed by atoms with Crippen LogP contribution in [0.4, 0.5) is 0 Å². The van der Waals surface area contributed by atoms with Crippen LogP contribution in [0.3, 0.4) is 0 Å². The number of carbonyl (C=O) groups excluding carboxylic acids is 1. The van der Waals surface area contributed by atoms with Crippen molar-refractivity contribution in [2.75, 3.05) is 19.8 Å². The van der Waals surface area contributed by atoms with Crippen molar-refractivity contribution >= 4 is 13.7 Å². The van der Waals surface area contributed by atoms with Crippen LogP contribution in [0.25, 0.3) is 0 Å². The van der Waals surface area contributed by atoms with Gasteiger partial charge in [-0.05, 0) is 32.1 Å². The van der Waals surface area contributed by atoms with Crippen LogP contribution in [0.5, 0.6) is 0 Å². The summed E-state index contributed by atoms with van der Waals surface area (Å²) in [6.45, 7) is 4.04. The first-order chi connectivity index (χ1) is 20.4. The molecule has 3 unspecified atom stereocenters. The van der Waals surface area contributed by atoms with Crippen LogP contribution in [0.2, 0.25) is 0 Å². The fourth-order valence-corrected chi connectivity index (χ4v) is 5.43. The number of nitrogens with two attached hydrogens (primary N) is 1. The van der Waals surface area contributed by atoms with E-state index in [-0.39, 0.29) is 25.7 Å². The van der Waals surface area contributed by atoms with Gasteiger partial charge in [0.05, 0.1) is 25.4 Å². The molecule has 0 fully saturated rings. The minimum absolute atomic E-state index is 0.0751. The SMILES string of the molecule is CCCCC/C=C/CC/C=C/C(O)C(COP(=O)(O)OCCN)NC(=O)CCCCCCCCCCCCCCCC. The van der Waals surface area contributed by atoms with Gasteiger partial charge in [-0.25, -0.2) is 4.57 Å². The number of nitrogens with one attached hydrogen (secondary N) is 1. The van der Waals surface area contributed by atoms with E-state index in [1.54, 1.807) is 6.08 Å². The first-order valence-corrected chi connectivity index (χ1v) is 18.5. The lowest BCUT2D eigenvalue weighted by atomic mass is 10.0. The summed E-state index contributed by atoms with van der Waals surface area (Å²) >= 11 is 0. The van der Waals surface area contributed by atoms with Gasteiger partial charge in [-0.3, -0.25) is 13.8 Å². The maximum Gasteiger partial charge on any atom is 0.472 e. The Bertz CT molecular complexity index is 719. The average Bonchev–Trinajstić information content (AvgIpc) is 2.97. The van der Waals surface area contributed by atoms with E-state index < -0.39 is 20.0 Å². The molecule has 0 aromatic carbocycles. The minimum atomic E-state index is -4.33. The summed E-state index contributed by atoms with van der Waals surface area (Å²) in [5, 5.41) is 13.5. The largest absolute Gasteiger partial charge is 0.472 e. The van der Waals surface area contributed by atoms with Gasteiger partial charge >= 0.3 is 7.82 Å². The number of aliphatic hydroxyl groups excluding tert-OH is 1. The predicted octanol–water partition coefficient (Wildman–Crippen LogP) is 8.27. The van der Waals surface area contributed by atoms with E-state index in [9.17, 15) is 19.4 Å². The summed E-state index contributed by atoms with van der Waals surface area (Å²) < 4.78 is 21.9. The monoisotopic (exact) mass is 616 g/mol. The predicted molar refractivity (Wildman–Crippen MR) is 175 cm³/mol. The summed E-state index contributed by atoms with van der Waals surface area (Å²) in [6, 6.07) is -0.869. The summed E-state index contributed by atoms with van der Waals surface area (Å²) in [4.78, 5) is 22.4. The lowest BCUT2D eigenvalue weighted by molar-refractivity contribution is -0.123. The van der Waals surface area contributed by atoms with Crippen molar-refractivity contribution < 1.29 is 28.4 Å². The van der Waals surface area contributed by atoms with E-state index in [2.05, 4.69) is 31.3 Å². The maximum absolute atomic E-state index is 12.6. The van der Waals surface area contributed by atoms with E-state index in [0.29, 0.717) is 6.42 Å². The second-order valence-electron chi connectivity index (χ2n) is 11.4. The molecular formula is C33H65N2O6P. The number of carbonyl (C=O) groups is 1. The van der Waals surface area contributed by atoms with Crippen LogP contribution in [-0.4, -0.2) is 47.8 Å². The Morgan fingerprint density at radius 3 is 1.83 bits per heavy atom. The average molecular weight is 617 g/mol. The van der Waals surface area contributed by atoms with Crippen LogP contribution in [-0.2, 0) is 18.4 Å². The van der Waals surface area contributed by atoms with Gasteiger partial charge < -0.3 is 21.1 Å². The molecule has 0 aliphatic rings. The number of amides is 1. The number of unbranched alkanes of at least 4 members (excludes halogenated alkanes) is 17. The van der Waals surface area contributed by atoms with Crippen molar-refractivity contribution in [1.82, 2.24) is 5.32 Å². The molecule has 0 aliphatic carbocycles. The van der Waals surface area contributed by atoms with Crippen molar-refractivity contribution in [2.45, 2.75) is 161 Å². The van der Waals surface area contributed by atoms with Crippen molar-refractivity contribution in [3.05, 3.63) is 24.3 Å². The number of allylic oxidation sites excluding steroid dienone is 3.